The Morgan fingerprint density at radius 2 is 1.95 bits per heavy atom. The summed E-state index contributed by atoms with van der Waals surface area (Å²) in [6, 6.07) is 9.00. The molecule has 108 valence electrons. The van der Waals surface area contributed by atoms with Crippen LogP contribution >= 0.6 is 11.3 Å². The molecular formula is C17H23NOS. The molecule has 0 aliphatic heterocycles. The summed E-state index contributed by atoms with van der Waals surface area (Å²) in [5, 5.41) is 3.59. The van der Waals surface area contributed by atoms with Crippen LogP contribution in [0.1, 0.15) is 39.4 Å². The van der Waals surface area contributed by atoms with Gasteiger partial charge in [0.05, 0.1) is 13.2 Å². The van der Waals surface area contributed by atoms with E-state index in [1.807, 2.05) is 11.3 Å². The van der Waals surface area contributed by atoms with Gasteiger partial charge in [0, 0.05) is 9.75 Å². The Bertz CT molecular complexity index is 589. The maximum Gasteiger partial charge on any atom is 0.122 e. The maximum absolute atomic E-state index is 5.46. The number of hydrogen-bond donors (Lipinski definition) is 1. The van der Waals surface area contributed by atoms with Crippen LogP contribution in [0.4, 0.5) is 0 Å². The summed E-state index contributed by atoms with van der Waals surface area (Å²) >= 11 is 1.86. The molecule has 3 heteroatoms. The van der Waals surface area contributed by atoms with E-state index in [0.29, 0.717) is 0 Å². The number of methoxy groups -OCH3 is 1. The van der Waals surface area contributed by atoms with Crippen LogP contribution in [-0.4, -0.2) is 13.7 Å². The van der Waals surface area contributed by atoms with Gasteiger partial charge < -0.3 is 10.1 Å². The average molecular weight is 289 g/mol. The van der Waals surface area contributed by atoms with Crippen molar-refractivity contribution in [3.05, 3.63) is 50.7 Å². The number of thiophene rings is 1. The van der Waals surface area contributed by atoms with E-state index >= 15 is 0 Å². The molecule has 0 spiro atoms. The van der Waals surface area contributed by atoms with E-state index in [-0.39, 0.29) is 6.04 Å². The van der Waals surface area contributed by atoms with Crippen molar-refractivity contribution in [3.8, 4) is 5.75 Å². The van der Waals surface area contributed by atoms with E-state index in [4.69, 9.17) is 4.74 Å². The first kappa shape index (κ1) is 15.1. The number of aryl methyl sites for hydroxylation is 3. The summed E-state index contributed by atoms with van der Waals surface area (Å²) in [4.78, 5) is 2.74. The van der Waals surface area contributed by atoms with Crippen LogP contribution in [0.25, 0.3) is 0 Å². The Hall–Kier alpha value is -1.32. The summed E-state index contributed by atoms with van der Waals surface area (Å²) in [5.74, 6) is 0.954. The predicted molar refractivity (Wildman–Crippen MR) is 87.0 cm³/mol. The van der Waals surface area contributed by atoms with E-state index in [1.54, 1.807) is 7.11 Å². The Balaban J connectivity index is 2.45. The number of hydrogen-bond acceptors (Lipinski definition) is 3. The van der Waals surface area contributed by atoms with E-state index in [9.17, 15) is 0 Å². The lowest BCUT2D eigenvalue weighted by Crippen LogP contribution is -2.22. The fraction of sp³-hybridized carbons (Fsp3) is 0.412. The summed E-state index contributed by atoms with van der Waals surface area (Å²) < 4.78 is 5.46. The zero-order valence-electron chi connectivity index (χ0n) is 12.9. The Labute approximate surface area is 125 Å². The van der Waals surface area contributed by atoms with Crippen LogP contribution in [0.5, 0.6) is 5.75 Å². The summed E-state index contributed by atoms with van der Waals surface area (Å²) in [5.41, 5.74) is 3.81. The molecule has 1 heterocycles. The Morgan fingerprint density at radius 1 is 1.20 bits per heavy atom. The normalized spacial score (nSPS) is 12.4. The van der Waals surface area contributed by atoms with E-state index < -0.39 is 0 Å². The molecule has 1 aromatic heterocycles. The van der Waals surface area contributed by atoms with Gasteiger partial charge in [-0.05, 0) is 56.1 Å². The van der Waals surface area contributed by atoms with E-state index in [0.717, 1.165) is 12.3 Å². The smallest absolute Gasteiger partial charge is 0.122 e. The lowest BCUT2D eigenvalue weighted by atomic mass is 9.97. The molecule has 0 aliphatic carbocycles. The lowest BCUT2D eigenvalue weighted by Gasteiger charge is -2.20. The van der Waals surface area contributed by atoms with Crippen molar-refractivity contribution < 1.29 is 4.74 Å². The lowest BCUT2D eigenvalue weighted by molar-refractivity contribution is 0.410. The summed E-state index contributed by atoms with van der Waals surface area (Å²) in [6.45, 7) is 9.52. The van der Waals surface area contributed by atoms with Crippen LogP contribution in [0.15, 0.2) is 24.3 Å². The van der Waals surface area contributed by atoms with Gasteiger partial charge >= 0.3 is 0 Å². The van der Waals surface area contributed by atoms with Gasteiger partial charge in [0.1, 0.15) is 5.75 Å². The minimum atomic E-state index is 0.236. The molecule has 2 aromatic rings. The van der Waals surface area contributed by atoms with Crippen LogP contribution < -0.4 is 10.1 Å². The molecule has 2 rings (SSSR count). The molecule has 1 unspecified atom stereocenters. The standard InChI is InChI=1S/C17H23NOS/c1-6-18-17(15-9-12(3)20-13(15)4)14-8-7-11(2)16(10-14)19-5/h7-10,17-18H,6H2,1-5H3. The van der Waals surface area contributed by atoms with Gasteiger partial charge in [-0.3, -0.25) is 0 Å². The highest BCUT2D eigenvalue weighted by Gasteiger charge is 2.18. The second-order valence-electron chi connectivity index (χ2n) is 5.09. The summed E-state index contributed by atoms with van der Waals surface area (Å²) in [6.07, 6.45) is 0. The number of ether oxygens (including phenoxy) is 1. The highest BCUT2D eigenvalue weighted by atomic mass is 32.1. The van der Waals surface area contributed by atoms with Crippen LogP contribution in [0.3, 0.4) is 0 Å². The third kappa shape index (κ3) is 3.05. The summed E-state index contributed by atoms with van der Waals surface area (Å²) in [7, 11) is 1.73. The van der Waals surface area contributed by atoms with Crippen LogP contribution in [-0.2, 0) is 0 Å². The quantitative estimate of drug-likeness (QED) is 0.882. The molecule has 1 N–H and O–H groups in total. The molecular weight excluding hydrogens is 266 g/mol. The highest BCUT2D eigenvalue weighted by molar-refractivity contribution is 7.12. The van der Waals surface area contributed by atoms with Gasteiger partial charge in [-0.2, -0.15) is 0 Å². The molecule has 0 aliphatic rings. The zero-order valence-corrected chi connectivity index (χ0v) is 13.7. The monoisotopic (exact) mass is 289 g/mol. The molecule has 2 nitrogen and oxygen atoms in total. The minimum Gasteiger partial charge on any atom is -0.496 e. The molecule has 0 saturated heterocycles. The van der Waals surface area contributed by atoms with E-state index in [1.165, 1.54) is 26.4 Å². The van der Waals surface area contributed by atoms with Gasteiger partial charge in [0.25, 0.3) is 0 Å². The van der Waals surface area contributed by atoms with Gasteiger partial charge in [-0.1, -0.05) is 19.1 Å². The molecule has 0 fully saturated rings. The van der Waals surface area contributed by atoms with Crippen LogP contribution in [0, 0.1) is 20.8 Å². The van der Waals surface area contributed by atoms with Crippen LogP contribution in [0.2, 0.25) is 0 Å². The number of rotatable bonds is 5. The molecule has 1 aromatic carbocycles. The third-order valence-corrected chi connectivity index (χ3v) is 4.55. The van der Waals surface area contributed by atoms with Crippen molar-refractivity contribution in [3.63, 3.8) is 0 Å². The minimum absolute atomic E-state index is 0.236. The molecule has 20 heavy (non-hydrogen) atoms. The Kier molecular flexibility index (Phi) is 4.84. The van der Waals surface area contributed by atoms with Crippen molar-refractivity contribution in [1.29, 1.82) is 0 Å². The van der Waals surface area contributed by atoms with Crippen molar-refractivity contribution in [2.24, 2.45) is 0 Å². The van der Waals surface area contributed by atoms with Gasteiger partial charge in [0.2, 0.25) is 0 Å². The van der Waals surface area contributed by atoms with Gasteiger partial charge in [0.15, 0.2) is 0 Å². The van der Waals surface area contributed by atoms with Crippen molar-refractivity contribution in [1.82, 2.24) is 5.32 Å². The third-order valence-electron chi connectivity index (χ3n) is 3.56. The molecule has 0 amide bonds. The second kappa shape index (κ2) is 6.42. The first-order valence-electron chi connectivity index (χ1n) is 7.01. The largest absolute Gasteiger partial charge is 0.496 e. The van der Waals surface area contributed by atoms with Gasteiger partial charge in [-0.25, -0.2) is 0 Å². The van der Waals surface area contributed by atoms with E-state index in [2.05, 4.69) is 57.3 Å². The highest BCUT2D eigenvalue weighted by Crippen LogP contribution is 2.32. The molecule has 0 saturated carbocycles. The average Bonchev–Trinajstić information content (AvgIpc) is 2.75. The molecule has 1 atom stereocenters. The second-order valence-corrected chi connectivity index (χ2v) is 6.55. The zero-order chi connectivity index (χ0) is 14.7. The van der Waals surface area contributed by atoms with Crippen molar-refractivity contribution in [2.75, 3.05) is 13.7 Å². The molecule has 0 bridgehead atoms. The fourth-order valence-corrected chi connectivity index (χ4v) is 3.53. The first-order valence-corrected chi connectivity index (χ1v) is 7.83. The number of nitrogens with one attached hydrogen (secondary N) is 1. The fourth-order valence-electron chi connectivity index (χ4n) is 2.56. The van der Waals surface area contributed by atoms with Crippen molar-refractivity contribution >= 4 is 11.3 Å². The predicted octanol–water partition coefficient (Wildman–Crippen LogP) is 4.38. The maximum atomic E-state index is 5.46. The first-order chi connectivity index (χ1) is 9.56. The number of benzene rings is 1. The van der Waals surface area contributed by atoms with Gasteiger partial charge in [-0.15, -0.1) is 11.3 Å². The SMILES string of the molecule is CCNC(c1ccc(C)c(OC)c1)c1cc(C)sc1C. The topological polar surface area (TPSA) is 21.3 Å². The Morgan fingerprint density at radius 3 is 2.50 bits per heavy atom. The molecule has 0 radical (unpaired) electrons. The van der Waals surface area contributed by atoms with Crippen molar-refractivity contribution in [2.45, 2.75) is 33.7 Å².